The normalized spacial score (nSPS) is 16.6. The zero-order chi connectivity index (χ0) is 13.8. The van der Waals surface area contributed by atoms with E-state index >= 15 is 0 Å². The molecule has 0 unspecified atom stereocenters. The monoisotopic (exact) mass is 282 g/mol. The Morgan fingerprint density at radius 2 is 2.05 bits per heavy atom. The van der Waals surface area contributed by atoms with Crippen LogP contribution in [0.4, 0.5) is 0 Å². The predicted octanol–water partition coefficient (Wildman–Crippen LogP) is 2.38. The van der Waals surface area contributed by atoms with Gasteiger partial charge < -0.3 is 0 Å². The molecule has 104 valence electrons. The quantitative estimate of drug-likeness (QED) is 0.925. The molecule has 0 aliphatic carbocycles. The average molecular weight is 283 g/mol. The second kappa shape index (κ2) is 6.30. The number of hydrogen-bond donors (Lipinski definition) is 1. The lowest BCUT2D eigenvalue weighted by molar-refractivity contribution is 0.0744. The highest BCUT2D eigenvalue weighted by atomic mass is 35.5. The highest BCUT2D eigenvalue weighted by molar-refractivity contribution is 6.33. The zero-order valence-corrected chi connectivity index (χ0v) is 12.1. The molecule has 1 N–H and O–H groups in total. The van der Waals surface area contributed by atoms with Crippen molar-refractivity contribution in [2.45, 2.75) is 39.0 Å². The molecule has 2 heterocycles. The minimum atomic E-state index is -0.254. The summed E-state index contributed by atoms with van der Waals surface area (Å²) >= 11 is 6.01. The van der Waals surface area contributed by atoms with Crippen LogP contribution in [0.5, 0.6) is 0 Å². The number of amides is 1. The molecular weight excluding hydrogens is 264 g/mol. The molecule has 1 saturated heterocycles. The third-order valence-corrected chi connectivity index (χ3v) is 3.39. The molecule has 0 radical (unpaired) electrons. The van der Waals surface area contributed by atoms with Gasteiger partial charge in [-0.25, -0.2) is 15.0 Å². The Balaban J connectivity index is 2.11. The Bertz CT molecular complexity index is 458. The first-order valence-electron chi connectivity index (χ1n) is 6.66. The van der Waals surface area contributed by atoms with E-state index in [2.05, 4.69) is 15.4 Å². The SMILES string of the molecule is CC(C)c1ncc(Cl)c(C(=O)NN2CCCCC2)n1. The first-order valence-corrected chi connectivity index (χ1v) is 7.04. The number of nitrogens with one attached hydrogen (secondary N) is 1. The molecule has 1 fully saturated rings. The molecule has 5 nitrogen and oxygen atoms in total. The van der Waals surface area contributed by atoms with Crippen LogP contribution < -0.4 is 5.43 Å². The third kappa shape index (κ3) is 3.64. The smallest absolute Gasteiger partial charge is 0.283 e. The molecule has 0 atom stereocenters. The van der Waals surface area contributed by atoms with Crippen molar-refractivity contribution < 1.29 is 4.79 Å². The van der Waals surface area contributed by atoms with Crippen molar-refractivity contribution in [3.8, 4) is 0 Å². The molecule has 1 aromatic rings. The van der Waals surface area contributed by atoms with Crippen molar-refractivity contribution in [3.63, 3.8) is 0 Å². The van der Waals surface area contributed by atoms with Crippen LogP contribution >= 0.6 is 11.6 Å². The Labute approximate surface area is 118 Å². The van der Waals surface area contributed by atoms with Gasteiger partial charge in [-0.05, 0) is 12.8 Å². The number of piperidine rings is 1. The summed E-state index contributed by atoms with van der Waals surface area (Å²) in [6.45, 7) is 5.72. The van der Waals surface area contributed by atoms with Crippen molar-refractivity contribution >= 4 is 17.5 Å². The molecule has 1 aliphatic heterocycles. The van der Waals surface area contributed by atoms with Crippen molar-refractivity contribution in [2.75, 3.05) is 13.1 Å². The van der Waals surface area contributed by atoms with Crippen molar-refractivity contribution in [3.05, 3.63) is 22.7 Å². The molecule has 6 heteroatoms. The van der Waals surface area contributed by atoms with Gasteiger partial charge in [-0.15, -0.1) is 0 Å². The van der Waals surface area contributed by atoms with Crippen LogP contribution in [-0.4, -0.2) is 34.0 Å². The van der Waals surface area contributed by atoms with Crippen LogP contribution in [0, 0.1) is 0 Å². The van der Waals surface area contributed by atoms with Gasteiger partial charge in [-0.1, -0.05) is 31.9 Å². The molecule has 1 aliphatic rings. The van der Waals surface area contributed by atoms with Gasteiger partial charge in [0.15, 0.2) is 5.69 Å². The van der Waals surface area contributed by atoms with E-state index in [-0.39, 0.29) is 17.5 Å². The van der Waals surface area contributed by atoms with Crippen LogP contribution in [0.3, 0.4) is 0 Å². The summed E-state index contributed by atoms with van der Waals surface area (Å²) in [5, 5.41) is 2.22. The van der Waals surface area contributed by atoms with E-state index in [1.54, 1.807) is 0 Å². The van der Waals surface area contributed by atoms with E-state index in [1.165, 1.54) is 12.6 Å². The van der Waals surface area contributed by atoms with Crippen LogP contribution in [0.25, 0.3) is 0 Å². The van der Waals surface area contributed by atoms with Gasteiger partial charge in [0, 0.05) is 19.0 Å². The lowest BCUT2D eigenvalue weighted by Crippen LogP contribution is -2.45. The Morgan fingerprint density at radius 3 is 2.68 bits per heavy atom. The Hall–Kier alpha value is -1.20. The summed E-state index contributed by atoms with van der Waals surface area (Å²) in [4.78, 5) is 20.6. The molecular formula is C13H19ClN4O. The molecule has 1 amide bonds. The highest BCUT2D eigenvalue weighted by Crippen LogP contribution is 2.16. The van der Waals surface area contributed by atoms with Gasteiger partial charge in [-0.3, -0.25) is 10.2 Å². The van der Waals surface area contributed by atoms with E-state index in [4.69, 9.17) is 11.6 Å². The predicted molar refractivity (Wildman–Crippen MR) is 74.0 cm³/mol. The summed E-state index contributed by atoms with van der Waals surface area (Å²) in [6.07, 6.45) is 4.93. The first-order chi connectivity index (χ1) is 9.08. The molecule has 0 saturated carbocycles. The second-order valence-electron chi connectivity index (χ2n) is 5.07. The molecule has 0 spiro atoms. The molecule has 19 heavy (non-hydrogen) atoms. The van der Waals surface area contributed by atoms with Crippen LogP contribution in [0.15, 0.2) is 6.20 Å². The average Bonchev–Trinajstić information content (AvgIpc) is 2.40. The summed E-state index contributed by atoms with van der Waals surface area (Å²) in [7, 11) is 0. The van der Waals surface area contributed by atoms with E-state index < -0.39 is 0 Å². The lowest BCUT2D eigenvalue weighted by atomic mass is 10.2. The van der Waals surface area contributed by atoms with E-state index in [9.17, 15) is 4.79 Å². The fraction of sp³-hybridized carbons (Fsp3) is 0.615. The minimum absolute atomic E-state index is 0.166. The van der Waals surface area contributed by atoms with E-state index in [0.29, 0.717) is 10.8 Å². The number of rotatable bonds is 3. The van der Waals surface area contributed by atoms with Crippen LogP contribution in [-0.2, 0) is 0 Å². The fourth-order valence-electron chi connectivity index (χ4n) is 2.02. The van der Waals surface area contributed by atoms with Crippen molar-refractivity contribution in [2.24, 2.45) is 0 Å². The van der Waals surface area contributed by atoms with Crippen LogP contribution in [0.1, 0.15) is 55.3 Å². The topological polar surface area (TPSA) is 58.1 Å². The maximum Gasteiger partial charge on any atom is 0.285 e. The van der Waals surface area contributed by atoms with Gasteiger partial charge in [0.05, 0.1) is 11.2 Å². The summed E-state index contributed by atoms with van der Waals surface area (Å²) in [5.41, 5.74) is 3.12. The Morgan fingerprint density at radius 1 is 1.37 bits per heavy atom. The summed E-state index contributed by atoms with van der Waals surface area (Å²) in [5.74, 6) is 0.545. The lowest BCUT2D eigenvalue weighted by Gasteiger charge is -2.26. The Kier molecular flexibility index (Phi) is 4.71. The number of hydrazine groups is 1. The number of halogens is 1. The second-order valence-corrected chi connectivity index (χ2v) is 5.48. The van der Waals surface area contributed by atoms with Crippen molar-refractivity contribution in [1.29, 1.82) is 0 Å². The fourth-order valence-corrected chi connectivity index (χ4v) is 2.20. The maximum atomic E-state index is 12.2. The number of carbonyl (C=O) groups is 1. The molecule has 0 bridgehead atoms. The van der Waals surface area contributed by atoms with E-state index in [1.807, 2.05) is 18.9 Å². The van der Waals surface area contributed by atoms with Crippen molar-refractivity contribution in [1.82, 2.24) is 20.4 Å². The highest BCUT2D eigenvalue weighted by Gasteiger charge is 2.19. The number of nitrogens with zero attached hydrogens (tertiary/aromatic N) is 3. The molecule has 2 rings (SSSR count). The first kappa shape index (κ1) is 14.2. The third-order valence-electron chi connectivity index (χ3n) is 3.11. The van der Waals surface area contributed by atoms with Crippen LogP contribution in [0.2, 0.25) is 5.02 Å². The largest absolute Gasteiger partial charge is 0.285 e. The van der Waals surface area contributed by atoms with Gasteiger partial charge in [0.25, 0.3) is 5.91 Å². The zero-order valence-electron chi connectivity index (χ0n) is 11.3. The minimum Gasteiger partial charge on any atom is -0.283 e. The maximum absolute atomic E-state index is 12.2. The molecule has 1 aromatic heterocycles. The van der Waals surface area contributed by atoms with Gasteiger partial charge in [0.1, 0.15) is 5.82 Å². The van der Waals surface area contributed by atoms with Gasteiger partial charge >= 0.3 is 0 Å². The number of aromatic nitrogens is 2. The summed E-state index contributed by atoms with van der Waals surface area (Å²) in [6, 6.07) is 0. The number of carbonyl (C=O) groups excluding carboxylic acids is 1. The van der Waals surface area contributed by atoms with Gasteiger partial charge in [-0.2, -0.15) is 0 Å². The standard InChI is InChI=1S/C13H19ClN4O/c1-9(2)12-15-8-10(14)11(16-12)13(19)17-18-6-4-3-5-7-18/h8-9H,3-7H2,1-2H3,(H,17,19). The summed E-state index contributed by atoms with van der Waals surface area (Å²) < 4.78 is 0. The number of hydrogen-bond acceptors (Lipinski definition) is 4. The van der Waals surface area contributed by atoms with E-state index in [0.717, 1.165) is 25.9 Å². The molecule has 0 aromatic carbocycles. The van der Waals surface area contributed by atoms with Gasteiger partial charge in [0.2, 0.25) is 0 Å².